The third-order valence-electron chi connectivity index (χ3n) is 3.93. The van der Waals surface area contributed by atoms with Crippen molar-refractivity contribution in [2.45, 2.75) is 44.8 Å². The van der Waals surface area contributed by atoms with Gasteiger partial charge in [-0.2, -0.15) is 5.10 Å². The molecule has 1 aliphatic carbocycles. The summed E-state index contributed by atoms with van der Waals surface area (Å²) in [5.74, 6) is -0.337. The van der Waals surface area contributed by atoms with Gasteiger partial charge in [-0.3, -0.25) is 14.3 Å². The van der Waals surface area contributed by atoms with Crippen LogP contribution in [0.2, 0.25) is 0 Å². The van der Waals surface area contributed by atoms with Crippen LogP contribution in [0.4, 0.5) is 0 Å². The van der Waals surface area contributed by atoms with Crippen molar-refractivity contribution < 1.29 is 9.59 Å². The largest absolute Gasteiger partial charge is 0.352 e. The summed E-state index contributed by atoms with van der Waals surface area (Å²) in [6.07, 6.45) is 6.02. The van der Waals surface area contributed by atoms with Gasteiger partial charge in [0.1, 0.15) is 12.6 Å². The molecule has 126 valence electrons. The number of aryl methyl sites for hydroxylation is 1. The molecule has 1 aliphatic rings. The minimum absolute atomic E-state index is 0.107. The highest BCUT2D eigenvalue weighted by Gasteiger charge is 2.28. The fourth-order valence-corrected chi connectivity index (χ4v) is 2.53. The minimum Gasteiger partial charge on any atom is -0.352 e. The van der Waals surface area contributed by atoms with Crippen molar-refractivity contribution in [1.82, 2.24) is 20.4 Å². The van der Waals surface area contributed by atoms with Crippen LogP contribution >= 0.6 is 0 Å². The number of nitrogens with zero attached hydrogens (tertiary/aromatic N) is 2. The van der Waals surface area contributed by atoms with Gasteiger partial charge in [0.25, 0.3) is 0 Å². The third-order valence-corrected chi connectivity index (χ3v) is 3.93. The number of rotatable bonds is 7. The lowest BCUT2D eigenvalue weighted by atomic mass is 10.1. The molecule has 2 N–H and O–H groups in total. The smallest absolute Gasteiger partial charge is 0.243 e. The van der Waals surface area contributed by atoms with Gasteiger partial charge < -0.3 is 10.6 Å². The molecule has 0 unspecified atom stereocenters. The summed E-state index contributed by atoms with van der Waals surface area (Å²) in [6.45, 7) is 2.03. The topological polar surface area (TPSA) is 76.0 Å². The molecule has 1 aromatic carbocycles. The Morgan fingerprint density at radius 1 is 1.29 bits per heavy atom. The molecule has 0 bridgehead atoms. The molecule has 6 heteroatoms. The van der Waals surface area contributed by atoms with Crippen LogP contribution in [0, 0.1) is 6.92 Å². The van der Waals surface area contributed by atoms with Gasteiger partial charge in [0.15, 0.2) is 0 Å². The first-order valence-electron chi connectivity index (χ1n) is 8.23. The molecule has 6 nitrogen and oxygen atoms in total. The highest BCUT2D eigenvalue weighted by atomic mass is 16.2. The van der Waals surface area contributed by atoms with E-state index in [4.69, 9.17) is 0 Å². The fourth-order valence-electron chi connectivity index (χ4n) is 2.53. The van der Waals surface area contributed by atoms with Gasteiger partial charge >= 0.3 is 0 Å². The predicted molar refractivity (Wildman–Crippen MR) is 90.2 cm³/mol. The van der Waals surface area contributed by atoms with E-state index in [1.807, 2.05) is 37.3 Å². The van der Waals surface area contributed by atoms with Crippen molar-refractivity contribution in [2.75, 3.05) is 0 Å². The molecule has 1 atom stereocenters. The van der Waals surface area contributed by atoms with Gasteiger partial charge in [-0.05, 0) is 30.9 Å². The van der Waals surface area contributed by atoms with E-state index in [0.717, 1.165) is 24.0 Å². The van der Waals surface area contributed by atoms with E-state index in [1.165, 1.54) is 0 Å². The van der Waals surface area contributed by atoms with E-state index in [1.54, 1.807) is 17.1 Å². The summed E-state index contributed by atoms with van der Waals surface area (Å²) in [6, 6.07) is 9.40. The average molecular weight is 326 g/mol. The van der Waals surface area contributed by atoms with Gasteiger partial charge in [0.2, 0.25) is 11.8 Å². The number of hydrogen-bond acceptors (Lipinski definition) is 3. The van der Waals surface area contributed by atoms with E-state index in [0.29, 0.717) is 6.42 Å². The second-order valence-corrected chi connectivity index (χ2v) is 6.31. The molecule has 2 aromatic rings. The molecule has 1 aromatic heterocycles. The van der Waals surface area contributed by atoms with Crippen molar-refractivity contribution in [2.24, 2.45) is 0 Å². The Hall–Kier alpha value is -2.63. The lowest BCUT2D eigenvalue weighted by Crippen LogP contribution is -2.49. The SMILES string of the molecule is Cc1cnn(CC(=O)N[C@@H](Cc2ccccc2)C(=O)NC2CC2)c1. The summed E-state index contributed by atoms with van der Waals surface area (Å²) in [4.78, 5) is 24.7. The average Bonchev–Trinajstić information content (AvgIpc) is 3.28. The number of aromatic nitrogens is 2. The summed E-state index contributed by atoms with van der Waals surface area (Å²) in [7, 11) is 0. The zero-order chi connectivity index (χ0) is 16.9. The highest BCUT2D eigenvalue weighted by molar-refractivity contribution is 5.88. The molecule has 1 fully saturated rings. The Kier molecular flexibility index (Phi) is 4.93. The summed E-state index contributed by atoms with van der Waals surface area (Å²) >= 11 is 0. The minimum atomic E-state index is -0.572. The second kappa shape index (κ2) is 7.29. The molecular weight excluding hydrogens is 304 g/mol. The number of carbonyl (C=O) groups excluding carboxylic acids is 2. The normalized spacial score (nSPS) is 14.9. The molecule has 24 heavy (non-hydrogen) atoms. The van der Waals surface area contributed by atoms with E-state index in [-0.39, 0.29) is 24.4 Å². The van der Waals surface area contributed by atoms with Gasteiger partial charge in [0.05, 0.1) is 6.20 Å². The second-order valence-electron chi connectivity index (χ2n) is 6.31. The first-order valence-corrected chi connectivity index (χ1v) is 8.23. The van der Waals surface area contributed by atoms with E-state index >= 15 is 0 Å². The van der Waals surface area contributed by atoms with Crippen LogP contribution in [0.25, 0.3) is 0 Å². The van der Waals surface area contributed by atoms with Crippen molar-refractivity contribution >= 4 is 11.8 Å². The van der Waals surface area contributed by atoms with E-state index < -0.39 is 6.04 Å². The molecule has 3 rings (SSSR count). The Labute approximate surface area is 141 Å². The van der Waals surface area contributed by atoms with Crippen LogP contribution in [0.3, 0.4) is 0 Å². The van der Waals surface area contributed by atoms with Gasteiger partial charge in [-0.15, -0.1) is 0 Å². The molecule has 0 spiro atoms. The molecule has 0 radical (unpaired) electrons. The number of carbonyl (C=O) groups is 2. The van der Waals surface area contributed by atoms with Crippen molar-refractivity contribution in [3.05, 3.63) is 53.9 Å². The molecular formula is C18H22N4O2. The molecule has 1 heterocycles. The van der Waals surface area contributed by atoms with Crippen molar-refractivity contribution in [3.8, 4) is 0 Å². The Morgan fingerprint density at radius 3 is 2.67 bits per heavy atom. The Morgan fingerprint density at radius 2 is 2.04 bits per heavy atom. The fraction of sp³-hybridized carbons (Fsp3) is 0.389. The van der Waals surface area contributed by atoms with Crippen LogP contribution in [0.1, 0.15) is 24.0 Å². The quantitative estimate of drug-likeness (QED) is 0.803. The predicted octanol–water partition coefficient (Wildman–Crippen LogP) is 1.20. The maximum Gasteiger partial charge on any atom is 0.243 e. The Bertz CT molecular complexity index is 707. The van der Waals surface area contributed by atoms with Crippen molar-refractivity contribution in [3.63, 3.8) is 0 Å². The zero-order valence-corrected chi connectivity index (χ0v) is 13.7. The van der Waals surface area contributed by atoms with Gasteiger partial charge in [0, 0.05) is 18.7 Å². The van der Waals surface area contributed by atoms with Gasteiger partial charge in [-0.1, -0.05) is 30.3 Å². The van der Waals surface area contributed by atoms with E-state index in [9.17, 15) is 9.59 Å². The summed E-state index contributed by atoms with van der Waals surface area (Å²) in [5.41, 5.74) is 2.01. The molecule has 2 amide bonds. The van der Waals surface area contributed by atoms with Crippen molar-refractivity contribution in [1.29, 1.82) is 0 Å². The van der Waals surface area contributed by atoms with Gasteiger partial charge in [-0.25, -0.2) is 0 Å². The summed E-state index contributed by atoms with van der Waals surface area (Å²) in [5, 5.41) is 9.92. The molecule has 0 aliphatic heterocycles. The monoisotopic (exact) mass is 326 g/mol. The third kappa shape index (κ3) is 4.68. The zero-order valence-electron chi connectivity index (χ0n) is 13.7. The molecule has 1 saturated carbocycles. The number of benzene rings is 1. The lowest BCUT2D eigenvalue weighted by molar-refractivity contribution is -0.129. The first-order chi connectivity index (χ1) is 11.6. The lowest BCUT2D eigenvalue weighted by Gasteiger charge is -2.18. The van der Waals surface area contributed by atoms with Crippen LogP contribution in [0.5, 0.6) is 0 Å². The maximum absolute atomic E-state index is 12.4. The standard InChI is InChI=1S/C18H22N4O2/c1-13-10-19-22(11-13)12-17(23)21-16(18(24)20-15-7-8-15)9-14-5-3-2-4-6-14/h2-6,10-11,15-16H,7-9,12H2,1H3,(H,20,24)(H,21,23)/t16-/m0/s1. The number of amides is 2. The summed E-state index contributed by atoms with van der Waals surface area (Å²) < 4.78 is 1.57. The maximum atomic E-state index is 12.4. The van der Waals surface area contributed by atoms with Crippen LogP contribution in [0.15, 0.2) is 42.7 Å². The number of nitrogens with one attached hydrogen (secondary N) is 2. The highest BCUT2D eigenvalue weighted by Crippen LogP contribution is 2.19. The Balaban J connectivity index is 1.63. The molecule has 0 saturated heterocycles. The number of hydrogen-bond donors (Lipinski definition) is 2. The van der Waals surface area contributed by atoms with Crippen LogP contribution in [-0.4, -0.2) is 33.7 Å². The first kappa shape index (κ1) is 16.2. The van der Waals surface area contributed by atoms with Crippen LogP contribution < -0.4 is 10.6 Å². The van der Waals surface area contributed by atoms with E-state index in [2.05, 4.69) is 15.7 Å². The van der Waals surface area contributed by atoms with Crippen LogP contribution in [-0.2, 0) is 22.6 Å².